The number of aryl methyl sites for hydroxylation is 2. The first-order valence-electron chi connectivity index (χ1n) is 9.11. The maximum absolute atomic E-state index is 6.09. The van der Waals surface area contributed by atoms with E-state index in [2.05, 4.69) is 43.0 Å². The predicted octanol–water partition coefficient (Wildman–Crippen LogP) is 6.55. The van der Waals surface area contributed by atoms with Crippen LogP contribution >= 0.6 is 22.9 Å². The lowest BCUT2D eigenvalue weighted by Gasteiger charge is -2.33. The molecule has 3 nitrogen and oxygen atoms in total. The summed E-state index contributed by atoms with van der Waals surface area (Å²) in [5, 5.41) is 5.47. The first kappa shape index (κ1) is 17.7. The summed E-state index contributed by atoms with van der Waals surface area (Å²) >= 11 is 7.93. The van der Waals surface area contributed by atoms with Crippen molar-refractivity contribution in [2.75, 3.05) is 5.32 Å². The third-order valence-corrected chi connectivity index (χ3v) is 6.91. The molecule has 0 amide bonds. The molecule has 2 heterocycles. The van der Waals surface area contributed by atoms with Gasteiger partial charge >= 0.3 is 0 Å². The Hall–Kier alpha value is -1.65. The first-order valence-corrected chi connectivity index (χ1v) is 10.3. The van der Waals surface area contributed by atoms with Gasteiger partial charge in [-0.15, -0.1) is 11.3 Å². The molecule has 4 rings (SSSR count). The number of aromatic nitrogens is 2. The number of rotatable bonds is 2. The Kier molecular flexibility index (Phi) is 4.44. The molecule has 5 heteroatoms. The Bertz CT molecular complexity index is 971. The van der Waals surface area contributed by atoms with Crippen molar-refractivity contribution in [2.45, 2.75) is 47.0 Å². The monoisotopic (exact) mass is 385 g/mol. The molecule has 0 saturated heterocycles. The Morgan fingerprint density at radius 1 is 1.23 bits per heavy atom. The predicted molar refractivity (Wildman–Crippen MR) is 112 cm³/mol. The Balaban J connectivity index is 1.75. The number of anilines is 2. The molecule has 0 bridgehead atoms. The summed E-state index contributed by atoms with van der Waals surface area (Å²) in [6.45, 7) is 9.12. The van der Waals surface area contributed by atoms with Gasteiger partial charge in [0, 0.05) is 15.6 Å². The van der Waals surface area contributed by atoms with E-state index in [0.717, 1.165) is 45.7 Å². The Labute approximate surface area is 163 Å². The van der Waals surface area contributed by atoms with Gasteiger partial charge in [-0.05, 0) is 66.8 Å². The van der Waals surface area contributed by atoms with Gasteiger partial charge in [-0.3, -0.25) is 0 Å². The SMILES string of the molecule is Cc1cc(Cl)ccc1Nc1ncnc2sc3c(c12)CCC(C(C)(C)C)C3. The number of thiophene rings is 1. The highest BCUT2D eigenvalue weighted by Gasteiger charge is 2.31. The van der Waals surface area contributed by atoms with Crippen LogP contribution in [-0.2, 0) is 12.8 Å². The molecular weight excluding hydrogens is 362 g/mol. The number of hydrogen-bond donors (Lipinski definition) is 1. The molecule has 1 unspecified atom stereocenters. The molecule has 1 N–H and O–H groups in total. The van der Waals surface area contributed by atoms with Crippen LogP contribution < -0.4 is 5.32 Å². The summed E-state index contributed by atoms with van der Waals surface area (Å²) in [5.41, 5.74) is 3.94. The lowest BCUT2D eigenvalue weighted by atomic mass is 9.72. The minimum Gasteiger partial charge on any atom is -0.339 e. The molecule has 1 aromatic carbocycles. The molecule has 1 aliphatic rings. The number of nitrogens with zero attached hydrogens (tertiary/aromatic N) is 2. The lowest BCUT2D eigenvalue weighted by molar-refractivity contribution is 0.218. The molecular formula is C21H24ClN3S. The zero-order valence-electron chi connectivity index (χ0n) is 15.7. The molecule has 26 heavy (non-hydrogen) atoms. The smallest absolute Gasteiger partial charge is 0.142 e. The molecule has 0 radical (unpaired) electrons. The van der Waals surface area contributed by atoms with Crippen molar-refractivity contribution >= 4 is 44.7 Å². The third kappa shape index (κ3) is 3.21. The first-order chi connectivity index (χ1) is 12.3. The summed E-state index contributed by atoms with van der Waals surface area (Å²) in [4.78, 5) is 11.7. The van der Waals surface area contributed by atoms with Gasteiger partial charge in [0.05, 0.1) is 5.39 Å². The standard InChI is InChI=1S/C21H24ClN3S/c1-12-9-14(22)6-8-16(12)25-19-18-15-7-5-13(21(2,3)4)10-17(15)26-20(18)24-11-23-19/h6,8-9,11,13H,5,7,10H2,1-4H3,(H,23,24,25). The number of hydrogen-bond acceptors (Lipinski definition) is 4. The van der Waals surface area contributed by atoms with Crippen molar-refractivity contribution in [3.05, 3.63) is 45.6 Å². The van der Waals surface area contributed by atoms with Gasteiger partial charge in [0.1, 0.15) is 17.0 Å². The number of benzene rings is 1. The van der Waals surface area contributed by atoms with Crippen LogP contribution in [0, 0.1) is 18.3 Å². The van der Waals surface area contributed by atoms with Crippen LogP contribution in [0.4, 0.5) is 11.5 Å². The van der Waals surface area contributed by atoms with Crippen molar-refractivity contribution in [1.82, 2.24) is 9.97 Å². The molecule has 2 aromatic heterocycles. The molecule has 0 aliphatic heterocycles. The van der Waals surface area contributed by atoms with Crippen LogP contribution in [0.2, 0.25) is 5.02 Å². The van der Waals surface area contributed by atoms with Gasteiger partial charge in [0.15, 0.2) is 0 Å². The van der Waals surface area contributed by atoms with Gasteiger partial charge < -0.3 is 5.32 Å². The van der Waals surface area contributed by atoms with E-state index in [1.54, 1.807) is 6.33 Å². The van der Waals surface area contributed by atoms with Crippen molar-refractivity contribution < 1.29 is 0 Å². The lowest BCUT2D eigenvalue weighted by Crippen LogP contribution is -2.26. The normalized spacial score (nSPS) is 17.3. The highest BCUT2D eigenvalue weighted by Crippen LogP contribution is 2.44. The summed E-state index contributed by atoms with van der Waals surface area (Å²) in [7, 11) is 0. The minimum absolute atomic E-state index is 0.348. The molecule has 136 valence electrons. The van der Waals surface area contributed by atoms with Crippen LogP contribution in [0.25, 0.3) is 10.2 Å². The van der Waals surface area contributed by atoms with E-state index >= 15 is 0 Å². The van der Waals surface area contributed by atoms with E-state index in [9.17, 15) is 0 Å². The average Bonchev–Trinajstić information content (AvgIpc) is 2.95. The van der Waals surface area contributed by atoms with Crippen molar-refractivity contribution in [3.8, 4) is 0 Å². The van der Waals surface area contributed by atoms with Crippen molar-refractivity contribution in [3.63, 3.8) is 0 Å². The van der Waals surface area contributed by atoms with Crippen LogP contribution in [0.1, 0.15) is 43.2 Å². The van der Waals surface area contributed by atoms with Crippen molar-refractivity contribution in [1.29, 1.82) is 0 Å². The number of fused-ring (bicyclic) bond motifs is 3. The highest BCUT2D eigenvalue weighted by molar-refractivity contribution is 7.19. The van der Waals surface area contributed by atoms with Gasteiger partial charge in [-0.1, -0.05) is 32.4 Å². The second kappa shape index (κ2) is 6.50. The van der Waals surface area contributed by atoms with Gasteiger partial charge in [-0.2, -0.15) is 0 Å². The largest absolute Gasteiger partial charge is 0.339 e. The minimum atomic E-state index is 0.348. The van der Waals surface area contributed by atoms with Crippen LogP contribution in [0.3, 0.4) is 0 Å². The fourth-order valence-corrected chi connectivity index (χ4v) is 5.33. The quantitative estimate of drug-likeness (QED) is 0.543. The van der Waals surface area contributed by atoms with E-state index < -0.39 is 0 Å². The van der Waals surface area contributed by atoms with Gasteiger partial charge in [0.25, 0.3) is 0 Å². The van der Waals surface area contributed by atoms with E-state index in [-0.39, 0.29) is 0 Å². The fourth-order valence-electron chi connectivity index (χ4n) is 3.84. The van der Waals surface area contributed by atoms with Crippen LogP contribution in [0.5, 0.6) is 0 Å². The zero-order chi connectivity index (χ0) is 18.5. The van der Waals surface area contributed by atoms with Crippen LogP contribution in [-0.4, -0.2) is 9.97 Å². The highest BCUT2D eigenvalue weighted by atomic mass is 35.5. The topological polar surface area (TPSA) is 37.8 Å². The average molecular weight is 386 g/mol. The summed E-state index contributed by atoms with van der Waals surface area (Å²) in [6, 6.07) is 5.89. The van der Waals surface area contributed by atoms with E-state index in [4.69, 9.17) is 11.6 Å². The van der Waals surface area contributed by atoms with E-state index in [0.29, 0.717) is 5.41 Å². The molecule has 0 saturated carbocycles. The fraction of sp³-hybridized carbons (Fsp3) is 0.429. The second-order valence-electron chi connectivity index (χ2n) is 8.30. The number of halogens is 1. The maximum atomic E-state index is 6.09. The molecule has 3 aromatic rings. The van der Waals surface area contributed by atoms with Crippen LogP contribution in [0.15, 0.2) is 24.5 Å². The molecule has 1 atom stereocenters. The van der Waals surface area contributed by atoms with Gasteiger partial charge in [-0.25, -0.2) is 9.97 Å². The molecule has 0 fully saturated rings. The Morgan fingerprint density at radius 2 is 2.04 bits per heavy atom. The summed E-state index contributed by atoms with van der Waals surface area (Å²) < 4.78 is 0. The summed E-state index contributed by atoms with van der Waals surface area (Å²) in [6.07, 6.45) is 5.16. The third-order valence-electron chi connectivity index (χ3n) is 5.51. The molecule has 0 spiro atoms. The molecule has 1 aliphatic carbocycles. The van der Waals surface area contributed by atoms with Gasteiger partial charge in [0.2, 0.25) is 0 Å². The van der Waals surface area contributed by atoms with E-state index in [1.165, 1.54) is 22.2 Å². The van der Waals surface area contributed by atoms with Crippen molar-refractivity contribution in [2.24, 2.45) is 11.3 Å². The Morgan fingerprint density at radius 3 is 2.77 bits per heavy atom. The van der Waals surface area contributed by atoms with E-state index in [1.807, 2.05) is 29.5 Å². The number of nitrogens with one attached hydrogen (secondary N) is 1. The summed E-state index contributed by atoms with van der Waals surface area (Å²) in [5.74, 6) is 1.64. The zero-order valence-corrected chi connectivity index (χ0v) is 17.3. The second-order valence-corrected chi connectivity index (χ2v) is 9.82. The maximum Gasteiger partial charge on any atom is 0.142 e.